The molecule has 20 heavy (non-hydrogen) atoms. The Hall–Kier alpha value is -2.32. The summed E-state index contributed by atoms with van der Waals surface area (Å²) < 4.78 is 5.39. The summed E-state index contributed by atoms with van der Waals surface area (Å²) in [7, 11) is 0. The first-order chi connectivity index (χ1) is 9.75. The highest BCUT2D eigenvalue weighted by Gasteiger charge is 2.15. The highest BCUT2D eigenvalue weighted by atomic mass is 35.5. The van der Waals surface area contributed by atoms with E-state index in [1.807, 2.05) is 24.3 Å². The van der Waals surface area contributed by atoms with Crippen molar-refractivity contribution in [3.8, 4) is 11.3 Å². The third kappa shape index (κ3) is 2.38. The molecule has 98 valence electrons. The van der Waals surface area contributed by atoms with Gasteiger partial charge in [-0.05, 0) is 36.4 Å². The topological polar surface area (TPSA) is 30.2 Å². The van der Waals surface area contributed by atoms with E-state index in [4.69, 9.17) is 16.0 Å². The van der Waals surface area contributed by atoms with Gasteiger partial charge in [0.1, 0.15) is 5.76 Å². The minimum atomic E-state index is -0.0475. The molecule has 0 N–H and O–H groups in total. The third-order valence-electron chi connectivity index (χ3n) is 3.06. The number of carbonyl (C=O) groups is 1. The molecule has 0 aliphatic heterocycles. The van der Waals surface area contributed by atoms with E-state index >= 15 is 0 Å². The van der Waals surface area contributed by atoms with Gasteiger partial charge in [-0.25, -0.2) is 0 Å². The molecule has 0 saturated heterocycles. The average Bonchev–Trinajstić information content (AvgIpc) is 3.01. The highest BCUT2D eigenvalue weighted by Crippen LogP contribution is 2.26. The number of hydrogen-bond donors (Lipinski definition) is 0. The molecular formula is C17H11ClO2. The van der Waals surface area contributed by atoms with Gasteiger partial charge in [-0.1, -0.05) is 35.9 Å². The van der Waals surface area contributed by atoms with Gasteiger partial charge in [0.2, 0.25) is 0 Å². The second-order valence-electron chi connectivity index (χ2n) is 4.36. The Morgan fingerprint density at radius 2 is 1.65 bits per heavy atom. The molecule has 0 atom stereocenters. The van der Waals surface area contributed by atoms with Gasteiger partial charge in [0.25, 0.3) is 0 Å². The molecular weight excluding hydrogens is 272 g/mol. The maximum atomic E-state index is 12.6. The predicted molar refractivity (Wildman–Crippen MR) is 79.0 cm³/mol. The summed E-state index contributed by atoms with van der Waals surface area (Å²) in [5.74, 6) is 0.636. The molecule has 2 aromatic carbocycles. The van der Waals surface area contributed by atoms with Crippen molar-refractivity contribution < 1.29 is 9.21 Å². The molecule has 0 spiro atoms. The van der Waals surface area contributed by atoms with Crippen LogP contribution >= 0.6 is 11.6 Å². The number of hydrogen-bond acceptors (Lipinski definition) is 2. The van der Waals surface area contributed by atoms with Crippen LogP contribution < -0.4 is 0 Å². The van der Waals surface area contributed by atoms with Crippen molar-refractivity contribution in [1.29, 1.82) is 0 Å². The van der Waals surface area contributed by atoms with Crippen LogP contribution in [0.15, 0.2) is 71.3 Å². The Morgan fingerprint density at radius 3 is 2.35 bits per heavy atom. The highest BCUT2D eigenvalue weighted by molar-refractivity contribution is 6.30. The van der Waals surface area contributed by atoms with Crippen LogP contribution in [0.3, 0.4) is 0 Å². The van der Waals surface area contributed by atoms with Gasteiger partial charge in [0.15, 0.2) is 5.78 Å². The second-order valence-corrected chi connectivity index (χ2v) is 4.80. The fraction of sp³-hybridized carbons (Fsp3) is 0. The molecule has 0 unspecified atom stereocenters. The maximum Gasteiger partial charge on any atom is 0.193 e. The van der Waals surface area contributed by atoms with Crippen LogP contribution in [0.25, 0.3) is 11.3 Å². The molecule has 0 radical (unpaired) electrons. The summed E-state index contributed by atoms with van der Waals surface area (Å²) in [5.41, 5.74) is 2.01. The van der Waals surface area contributed by atoms with Crippen LogP contribution in [0, 0.1) is 0 Å². The molecule has 1 aromatic heterocycles. The largest absolute Gasteiger partial charge is 0.464 e. The first-order valence-electron chi connectivity index (χ1n) is 6.19. The number of rotatable bonds is 3. The fourth-order valence-corrected chi connectivity index (χ4v) is 2.21. The molecule has 3 aromatic rings. The van der Waals surface area contributed by atoms with E-state index in [1.54, 1.807) is 42.7 Å². The average molecular weight is 283 g/mol. The van der Waals surface area contributed by atoms with Gasteiger partial charge in [0.05, 0.1) is 6.26 Å². The Bertz CT molecular complexity index is 728. The summed E-state index contributed by atoms with van der Waals surface area (Å²) in [6.45, 7) is 0. The minimum absolute atomic E-state index is 0.0475. The predicted octanol–water partition coefficient (Wildman–Crippen LogP) is 4.83. The van der Waals surface area contributed by atoms with E-state index in [9.17, 15) is 4.79 Å². The molecule has 0 fully saturated rings. The van der Waals surface area contributed by atoms with Crippen LogP contribution in [-0.4, -0.2) is 5.78 Å². The third-order valence-corrected chi connectivity index (χ3v) is 3.32. The molecule has 2 nitrogen and oxygen atoms in total. The van der Waals surface area contributed by atoms with E-state index in [0.29, 0.717) is 21.9 Å². The maximum absolute atomic E-state index is 12.6. The fourth-order valence-electron chi connectivity index (χ4n) is 2.08. The van der Waals surface area contributed by atoms with Gasteiger partial charge < -0.3 is 4.42 Å². The van der Waals surface area contributed by atoms with E-state index in [1.165, 1.54) is 0 Å². The molecule has 0 aliphatic rings. The van der Waals surface area contributed by atoms with Crippen molar-refractivity contribution in [2.24, 2.45) is 0 Å². The zero-order valence-corrected chi connectivity index (χ0v) is 11.3. The zero-order valence-electron chi connectivity index (χ0n) is 10.5. The number of benzene rings is 2. The van der Waals surface area contributed by atoms with Gasteiger partial charge in [-0.3, -0.25) is 4.79 Å². The Morgan fingerprint density at radius 1 is 0.900 bits per heavy atom. The van der Waals surface area contributed by atoms with Crippen molar-refractivity contribution in [1.82, 2.24) is 0 Å². The van der Waals surface area contributed by atoms with Crippen molar-refractivity contribution in [2.75, 3.05) is 0 Å². The summed E-state index contributed by atoms with van der Waals surface area (Å²) in [6.07, 6.45) is 1.60. The van der Waals surface area contributed by atoms with E-state index < -0.39 is 0 Å². The van der Waals surface area contributed by atoms with Crippen molar-refractivity contribution in [3.05, 3.63) is 83.1 Å². The van der Waals surface area contributed by atoms with Gasteiger partial charge in [0, 0.05) is 21.7 Å². The number of carbonyl (C=O) groups excluding carboxylic acids is 1. The number of ketones is 1. The monoisotopic (exact) mass is 282 g/mol. The lowest BCUT2D eigenvalue weighted by Gasteiger charge is -2.06. The standard InChI is InChI=1S/C17H11ClO2/c18-13-9-7-12(8-10-13)17(19)15-5-2-1-4-14(15)16-6-3-11-20-16/h1-11H. The molecule has 0 bridgehead atoms. The summed E-state index contributed by atoms with van der Waals surface area (Å²) in [4.78, 5) is 12.6. The van der Waals surface area contributed by atoms with Crippen molar-refractivity contribution in [2.45, 2.75) is 0 Å². The van der Waals surface area contributed by atoms with Crippen molar-refractivity contribution in [3.63, 3.8) is 0 Å². The Labute approximate surface area is 121 Å². The lowest BCUT2D eigenvalue weighted by atomic mass is 9.97. The Kier molecular flexibility index (Phi) is 3.40. The summed E-state index contributed by atoms with van der Waals surface area (Å²) in [6, 6.07) is 17.9. The normalized spacial score (nSPS) is 10.4. The molecule has 0 amide bonds. The molecule has 0 saturated carbocycles. The van der Waals surface area contributed by atoms with Crippen LogP contribution in [0.1, 0.15) is 15.9 Å². The molecule has 3 heteroatoms. The lowest BCUT2D eigenvalue weighted by Crippen LogP contribution is -2.03. The van der Waals surface area contributed by atoms with Crippen molar-refractivity contribution >= 4 is 17.4 Å². The van der Waals surface area contributed by atoms with Crippen LogP contribution in [-0.2, 0) is 0 Å². The SMILES string of the molecule is O=C(c1ccc(Cl)cc1)c1ccccc1-c1ccco1. The van der Waals surface area contributed by atoms with E-state index in [2.05, 4.69) is 0 Å². The first kappa shape index (κ1) is 12.7. The lowest BCUT2D eigenvalue weighted by molar-refractivity contribution is 0.103. The minimum Gasteiger partial charge on any atom is -0.464 e. The van der Waals surface area contributed by atoms with Gasteiger partial charge >= 0.3 is 0 Å². The van der Waals surface area contributed by atoms with Crippen LogP contribution in [0.5, 0.6) is 0 Å². The van der Waals surface area contributed by atoms with Crippen LogP contribution in [0.2, 0.25) is 5.02 Å². The smallest absolute Gasteiger partial charge is 0.193 e. The summed E-state index contributed by atoms with van der Waals surface area (Å²) in [5, 5.41) is 0.612. The van der Waals surface area contributed by atoms with Gasteiger partial charge in [-0.2, -0.15) is 0 Å². The van der Waals surface area contributed by atoms with Gasteiger partial charge in [-0.15, -0.1) is 0 Å². The Balaban J connectivity index is 2.06. The first-order valence-corrected chi connectivity index (χ1v) is 6.56. The molecule has 0 aliphatic carbocycles. The molecule has 3 rings (SSSR count). The number of furan rings is 1. The van der Waals surface area contributed by atoms with E-state index in [-0.39, 0.29) is 5.78 Å². The summed E-state index contributed by atoms with van der Waals surface area (Å²) >= 11 is 5.85. The quantitative estimate of drug-likeness (QED) is 0.644. The van der Waals surface area contributed by atoms with E-state index in [0.717, 1.165) is 5.56 Å². The molecule has 1 heterocycles. The number of halogens is 1. The zero-order chi connectivity index (χ0) is 13.9. The second kappa shape index (κ2) is 5.35. The van der Waals surface area contributed by atoms with Crippen LogP contribution in [0.4, 0.5) is 0 Å².